The number of thiazole rings is 1. The molecule has 0 aliphatic heterocycles. The number of carboxylic acids is 1. The largest absolute Gasteiger partial charge is 0.481 e. The number of sulfone groups is 1. The summed E-state index contributed by atoms with van der Waals surface area (Å²) >= 11 is 1.27. The number of aromatic nitrogens is 1. The van der Waals surface area contributed by atoms with Crippen LogP contribution in [0.4, 0.5) is 0 Å². The molecule has 0 atom stereocenters. The van der Waals surface area contributed by atoms with Crippen LogP contribution in [0.3, 0.4) is 0 Å². The number of aliphatic carboxylic acids is 1. The average Bonchev–Trinajstić information content (AvgIpc) is 2.61. The molecule has 1 N–H and O–H groups in total. The summed E-state index contributed by atoms with van der Waals surface area (Å²) in [7, 11) is -3.14. The molecule has 5 nitrogen and oxygen atoms in total. The van der Waals surface area contributed by atoms with E-state index < -0.39 is 21.1 Å². The van der Waals surface area contributed by atoms with Crippen molar-refractivity contribution in [3.05, 3.63) is 16.1 Å². The number of hydrogen-bond acceptors (Lipinski definition) is 5. The summed E-state index contributed by atoms with van der Waals surface area (Å²) in [6, 6.07) is 0. The van der Waals surface area contributed by atoms with Crippen molar-refractivity contribution in [3.8, 4) is 0 Å². The maximum Gasteiger partial charge on any atom is 0.303 e. The fraction of sp³-hybridized carbons (Fsp3) is 0.600. The molecule has 1 aromatic rings. The van der Waals surface area contributed by atoms with Crippen molar-refractivity contribution in [2.45, 2.75) is 37.7 Å². The molecule has 0 saturated heterocycles. The van der Waals surface area contributed by atoms with Crippen LogP contribution in [0.5, 0.6) is 0 Å². The Balaban J connectivity index is 2.66. The Morgan fingerprint density at radius 2 is 2.18 bits per heavy atom. The van der Waals surface area contributed by atoms with Crippen LogP contribution in [0.15, 0.2) is 6.20 Å². The van der Waals surface area contributed by atoms with E-state index in [1.54, 1.807) is 20.0 Å². The van der Waals surface area contributed by atoms with Crippen LogP contribution in [0.25, 0.3) is 0 Å². The van der Waals surface area contributed by atoms with Gasteiger partial charge in [-0.05, 0) is 20.3 Å². The summed E-state index contributed by atoms with van der Waals surface area (Å²) in [6.07, 6.45) is 1.99. The zero-order valence-electron chi connectivity index (χ0n) is 9.71. The van der Waals surface area contributed by atoms with Gasteiger partial charge >= 0.3 is 5.97 Å². The highest BCUT2D eigenvalue weighted by Crippen LogP contribution is 2.18. The summed E-state index contributed by atoms with van der Waals surface area (Å²) in [5.41, 5.74) is 0. The second-order valence-corrected chi connectivity index (χ2v) is 7.73. The molecule has 17 heavy (non-hydrogen) atoms. The highest BCUT2D eigenvalue weighted by atomic mass is 32.2. The number of rotatable bonds is 6. The standard InChI is InChI=1S/C10H15NO4S2/c1-7(2)17(14,15)6-9-11-5-8(16-9)3-4-10(12)13/h5,7H,3-4,6H2,1-2H3,(H,12,13). The number of aryl methyl sites for hydroxylation is 1. The molecule has 0 amide bonds. The molecule has 0 spiro atoms. The Kier molecular flexibility index (Phi) is 4.64. The van der Waals surface area contributed by atoms with Gasteiger partial charge in [-0.1, -0.05) is 0 Å². The minimum Gasteiger partial charge on any atom is -0.481 e. The van der Waals surface area contributed by atoms with Gasteiger partial charge in [0.15, 0.2) is 9.84 Å². The lowest BCUT2D eigenvalue weighted by Crippen LogP contribution is -2.15. The molecule has 0 saturated carbocycles. The van der Waals surface area contributed by atoms with Gasteiger partial charge < -0.3 is 5.11 Å². The molecule has 0 aliphatic carbocycles. The van der Waals surface area contributed by atoms with Crippen molar-refractivity contribution in [1.82, 2.24) is 4.98 Å². The minimum atomic E-state index is -3.14. The van der Waals surface area contributed by atoms with E-state index in [1.807, 2.05) is 0 Å². The Hall–Kier alpha value is -0.950. The summed E-state index contributed by atoms with van der Waals surface area (Å²) < 4.78 is 23.3. The van der Waals surface area contributed by atoms with Crippen molar-refractivity contribution in [1.29, 1.82) is 0 Å². The minimum absolute atomic E-state index is 0.0402. The topological polar surface area (TPSA) is 84.3 Å². The molecule has 7 heteroatoms. The zero-order valence-corrected chi connectivity index (χ0v) is 11.3. The number of hydrogen-bond donors (Lipinski definition) is 1. The molecular weight excluding hydrogens is 262 g/mol. The first-order valence-corrected chi connectivity index (χ1v) is 7.71. The predicted molar refractivity (Wildman–Crippen MR) is 65.8 cm³/mol. The van der Waals surface area contributed by atoms with E-state index in [4.69, 9.17) is 5.11 Å². The quantitative estimate of drug-likeness (QED) is 0.851. The molecule has 96 valence electrons. The second kappa shape index (κ2) is 5.59. The van der Waals surface area contributed by atoms with E-state index >= 15 is 0 Å². The maximum atomic E-state index is 11.6. The third-order valence-electron chi connectivity index (χ3n) is 2.23. The zero-order chi connectivity index (χ0) is 13.1. The number of carboxylic acid groups (broad SMARTS) is 1. The van der Waals surface area contributed by atoms with Crippen LogP contribution < -0.4 is 0 Å². The van der Waals surface area contributed by atoms with Gasteiger partial charge in [0.25, 0.3) is 0 Å². The third kappa shape index (κ3) is 4.43. The van der Waals surface area contributed by atoms with Gasteiger partial charge in [0.2, 0.25) is 0 Å². The van der Waals surface area contributed by atoms with Gasteiger partial charge in [-0.3, -0.25) is 4.79 Å². The molecule has 0 aromatic carbocycles. The van der Waals surface area contributed by atoms with E-state index in [-0.39, 0.29) is 12.2 Å². The van der Waals surface area contributed by atoms with Crippen molar-refractivity contribution in [2.24, 2.45) is 0 Å². The molecule has 0 bridgehead atoms. The number of nitrogens with zero attached hydrogens (tertiary/aromatic N) is 1. The van der Waals surface area contributed by atoms with Crippen molar-refractivity contribution < 1.29 is 18.3 Å². The molecule has 0 aliphatic rings. The average molecular weight is 277 g/mol. The van der Waals surface area contributed by atoms with E-state index in [1.165, 1.54) is 11.3 Å². The smallest absolute Gasteiger partial charge is 0.303 e. The fourth-order valence-electron chi connectivity index (χ4n) is 1.10. The van der Waals surface area contributed by atoms with Crippen LogP contribution in [-0.4, -0.2) is 29.7 Å². The Labute approximate surface area is 104 Å². The van der Waals surface area contributed by atoms with Gasteiger partial charge in [-0.15, -0.1) is 11.3 Å². The lowest BCUT2D eigenvalue weighted by atomic mass is 10.3. The van der Waals surface area contributed by atoms with Gasteiger partial charge in [0.05, 0.1) is 11.7 Å². The van der Waals surface area contributed by atoms with E-state index in [2.05, 4.69) is 4.98 Å². The molecule has 1 heterocycles. The number of carbonyl (C=O) groups is 1. The first kappa shape index (κ1) is 14.1. The van der Waals surface area contributed by atoms with E-state index in [9.17, 15) is 13.2 Å². The first-order chi connectivity index (χ1) is 7.81. The first-order valence-electron chi connectivity index (χ1n) is 5.18. The van der Waals surface area contributed by atoms with Crippen LogP contribution in [0.1, 0.15) is 30.2 Å². The van der Waals surface area contributed by atoms with Crippen LogP contribution in [0, 0.1) is 0 Å². The normalized spacial score (nSPS) is 11.9. The summed E-state index contributed by atoms with van der Waals surface area (Å²) in [5, 5.41) is 8.63. The van der Waals surface area contributed by atoms with Crippen LogP contribution in [0.2, 0.25) is 0 Å². The van der Waals surface area contributed by atoms with Gasteiger partial charge in [-0.25, -0.2) is 13.4 Å². The van der Waals surface area contributed by atoms with E-state index in [0.717, 1.165) is 4.88 Å². The lowest BCUT2D eigenvalue weighted by Gasteiger charge is -2.04. The summed E-state index contributed by atoms with van der Waals surface area (Å²) in [6.45, 7) is 3.27. The van der Waals surface area contributed by atoms with E-state index in [0.29, 0.717) is 11.4 Å². The van der Waals surface area contributed by atoms with Crippen LogP contribution >= 0.6 is 11.3 Å². The highest BCUT2D eigenvalue weighted by molar-refractivity contribution is 7.91. The third-order valence-corrected chi connectivity index (χ3v) is 5.58. The monoisotopic (exact) mass is 277 g/mol. The highest BCUT2D eigenvalue weighted by Gasteiger charge is 2.18. The lowest BCUT2D eigenvalue weighted by molar-refractivity contribution is -0.136. The van der Waals surface area contributed by atoms with Gasteiger partial charge in [0, 0.05) is 11.1 Å². The van der Waals surface area contributed by atoms with Gasteiger partial charge in [-0.2, -0.15) is 0 Å². The maximum absolute atomic E-state index is 11.6. The predicted octanol–water partition coefficient (Wildman–Crippen LogP) is 1.48. The molecule has 0 unspecified atom stereocenters. The summed E-state index contributed by atoms with van der Waals surface area (Å²) in [5.74, 6) is -0.933. The Bertz CT molecular complexity index is 490. The molecule has 0 fully saturated rings. The Morgan fingerprint density at radius 1 is 1.53 bits per heavy atom. The molecule has 1 rings (SSSR count). The second-order valence-electron chi connectivity index (χ2n) is 3.97. The van der Waals surface area contributed by atoms with Crippen molar-refractivity contribution in [2.75, 3.05) is 0 Å². The SMILES string of the molecule is CC(C)S(=O)(=O)Cc1ncc(CCC(=O)O)s1. The molecule has 0 radical (unpaired) electrons. The van der Waals surface area contributed by atoms with Gasteiger partial charge in [0.1, 0.15) is 10.8 Å². The summed E-state index contributed by atoms with van der Waals surface area (Å²) in [4.78, 5) is 15.2. The Morgan fingerprint density at radius 3 is 2.71 bits per heavy atom. The van der Waals surface area contributed by atoms with Crippen molar-refractivity contribution in [3.63, 3.8) is 0 Å². The van der Waals surface area contributed by atoms with Crippen LogP contribution in [-0.2, 0) is 26.8 Å². The van der Waals surface area contributed by atoms with Crippen molar-refractivity contribution >= 4 is 27.1 Å². The molecular formula is C10H15NO4S2. The molecule has 1 aromatic heterocycles. The fourth-order valence-corrected chi connectivity index (χ4v) is 3.30.